The first kappa shape index (κ1) is 46.4. The molecule has 65 heavy (non-hydrogen) atoms. The molecule has 0 spiro atoms. The summed E-state index contributed by atoms with van der Waals surface area (Å²) in [5.41, 5.74) is 5.49. The maximum absolute atomic E-state index is 14.0. The van der Waals surface area contributed by atoms with Crippen LogP contribution in [0.2, 0.25) is 5.02 Å². The molecule has 0 atom stereocenters. The lowest BCUT2D eigenvalue weighted by atomic mass is 9.72. The number of ether oxygens (including phenoxy) is 1. The molecule has 1 aliphatic carbocycles. The number of anilines is 2. The quantitative estimate of drug-likeness (QED) is 0.0340. The minimum absolute atomic E-state index is 0.0426. The van der Waals surface area contributed by atoms with Crippen LogP contribution < -0.4 is 19.7 Å². The summed E-state index contributed by atoms with van der Waals surface area (Å²) in [7, 11) is -6.37. The van der Waals surface area contributed by atoms with Gasteiger partial charge in [-0.15, -0.1) is 0 Å². The van der Waals surface area contributed by atoms with Crippen molar-refractivity contribution in [2.24, 2.45) is 5.41 Å². The summed E-state index contributed by atoms with van der Waals surface area (Å²) < 4.78 is 35.9. The first-order valence-electron chi connectivity index (χ1n) is 22.1. The fraction of sp³-hybridized carbons (Fsp3) is 0.404. The van der Waals surface area contributed by atoms with E-state index in [1.54, 1.807) is 30.5 Å². The number of rotatable bonds is 15. The van der Waals surface area contributed by atoms with Crippen molar-refractivity contribution in [2.45, 2.75) is 44.4 Å². The SMILES string of the molecule is CC1(C)CCC(CN2CCN(c3ccc(C(=O)NS(=O)(=O)c4ccc(NCCCN5CC[P+](C)(O)CC5)c([N+](=O)[O-])c4)c(Oc4cnc5[nH]ccc5c4)c3)CC2)=C(c2ccc(Cl)cc2)C1. The second-order valence-electron chi connectivity index (χ2n) is 18.3. The zero-order valence-corrected chi connectivity index (χ0v) is 39.5. The number of aromatic nitrogens is 2. The van der Waals surface area contributed by atoms with Gasteiger partial charge >= 0.3 is 0 Å². The van der Waals surface area contributed by atoms with Crippen LogP contribution in [0.4, 0.5) is 17.1 Å². The molecule has 2 aromatic heterocycles. The van der Waals surface area contributed by atoms with Gasteiger partial charge in [0.1, 0.15) is 30.3 Å². The predicted molar refractivity (Wildman–Crippen MR) is 259 cm³/mol. The molecule has 3 aliphatic rings. The number of carbonyl (C=O) groups excluding carboxylic acids is 1. The summed E-state index contributed by atoms with van der Waals surface area (Å²) in [5, 5.41) is 16.7. The Balaban J connectivity index is 0.967. The third-order valence-electron chi connectivity index (χ3n) is 12.8. The number of hydrogen-bond donors (Lipinski definition) is 4. The summed E-state index contributed by atoms with van der Waals surface area (Å²) in [6, 6.07) is 20.4. The number of hydrogen-bond acceptors (Lipinski definition) is 12. The van der Waals surface area contributed by atoms with Gasteiger partial charge in [0.25, 0.3) is 21.6 Å². The lowest BCUT2D eigenvalue weighted by molar-refractivity contribution is -0.384. The van der Waals surface area contributed by atoms with E-state index in [1.165, 1.54) is 35.0 Å². The van der Waals surface area contributed by atoms with Crippen LogP contribution in [0.5, 0.6) is 11.5 Å². The number of nitrogens with one attached hydrogen (secondary N) is 3. The van der Waals surface area contributed by atoms with Gasteiger partial charge in [-0.3, -0.25) is 29.6 Å². The number of benzene rings is 3. The van der Waals surface area contributed by atoms with Gasteiger partial charge in [0.05, 0.1) is 40.6 Å². The monoisotopic (exact) mass is 943 g/mol. The highest BCUT2D eigenvalue weighted by molar-refractivity contribution is 7.90. The molecule has 2 aliphatic heterocycles. The first-order chi connectivity index (χ1) is 31.0. The normalized spacial score (nSPS) is 18.1. The van der Waals surface area contributed by atoms with Crippen LogP contribution in [0.3, 0.4) is 0 Å². The average Bonchev–Trinajstić information content (AvgIpc) is 3.75. The Morgan fingerprint density at radius 3 is 2.49 bits per heavy atom. The molecule has 4 N–H and O–H groups in total. The lowest BCUT2D eigenvalue weighted by Crippen LogP contribution is -2.47. The topological polar surface area (TPSA) is 186 Å². The summed E-state index contributed by atoms with van der Waals surface area (Å²) >= 11 is 6.25. The number of allylic oxidation sites excluding steroid dienone is 1. The second-order valence-corrected chi connectivity index (χ2v) is 24.0. The van der Waals surface area contributed by atoms with E-state index in [0.29, 0.717) is 24.4 Å². The van der Waals surface area contributed by atoms with Crippen LogP contribution in [-0.2, 0) is 10.0 Å². The largest absolute Gasteiger partial charge is 0.455 e. The van der Waals surface area contributed by atoms with E-state index >= 15 is 0 Å². The van der Waals surface area contributed by atoms with E-state index in [-0.39, 0.29) is 22.4 Å². The molecule has 0 saturated carbocycles. The van der Waals surface area contributed by atoms with Gasteiger partial charge in [-0.1, -0.05) is 43.2 Å². The highest BCUT2D eigenvalue weighted by Gasteiger charge is 2.34. The Hall–Kier alpha value is -5.09. The molecule has 3 aromatic carbocycles. The number of nitrogens with zero attached hydrogens (tertiary/aromatic N) is 5. The van der Waals surface area contributed by atoms with Crippen LogP contribution in [0.25, 0.3) is 16.6 Å². The zero-order chi connectivity index (χ0) is 45.9. The molecule has 8 rings (SSSR count). The van der Waals surface area contributed by atoms with E-state index in [9.17, 15) is 28.2 Å². The number of H-pyrrole nitrogens is 1. The number of halogens is 1. The Kier molecular flexibility index (Phi) is 13.9. The van der Waals surface area contributed by atoms with Crippen molar-refractivity contribution in [3.8, 4) is 11.5 Å². The van der Waals surface area contributed by atoms with E-state index in [1.807, 2.05) is 24.9 Å². The maximum atomic E-state index is 14.0. The fourth-order valence-corrected chi connectivity index (χ4v) is 11.6. The third-order valence-corrected chi connectivity index (χ3v) is 16.7. The highest BCUT2D eigenvalue weighted by Crippen LogP contribution is 2.51. The number of pyridine rings is 1. The van der Waals surface area contributed by atoms with Gasteiger partial charge < -0.3 is 19.9 Å². The molecule has 4 heterocycles. The van der Waals surface area contributed by atoms with Crippen molar-refractivity contribution in [1.29, 1.82) is 0 Å². The standard InChI is InChI=1S/C47H56ClN8O7PS/c1-47(2)15-13-35(41(30-47)33-5-7-36(48)8-6-33)32-54-19-21-55(22-20-54)37-9-11-40(44(28-37)63-38-27-34-14-17-50-45(34)51-31-38)46(57)52-65(61,62)39-10-12-42(43(29-39)56(58)59)49-16-4-18-53-23-25-64(3,60)26-24-53/h5-12,14,17,27-29,31,49,60H,4,13,15-16,18-26,30,32H2,1-3H3,(H-,50,51,52,57)/p+1. The number of piperazine rings is 1. The van der Waals surface area contributed by atoms with Crippen molar-refractivity contribution < 1.29 is 27.8 Å². The molecule has 15 nitrogen and oxygen atoms in total. The van der Waals surface area contributed by atoms with E-state index in [2.05, 4.69) is 60.7 Å². The smallest absolute Gasteiger partial charge is 0.293 e. The molecule has 2 fully saturated rings. The Morgan fingerprint density at radius 1 is 1.00 bits per heavy atom. The minimum atomic E-state index is -4.57. The molecular formula is C47H57ClN8O7PS+. The van der Waals surface area contributed by atoms with Crippen LogP contribution in [-0.4, -0.2) is 122 Å². The van der Waals surface area contributed by atoms with Gasteiger partial charge in [-0.2, -0.15) is 0 Å². The van der Waals surface area contributed by atoms with Gasteiger partial charge in [-0.25, -0.2) is 18.1 Å². The van der Waals surface area contributed by atoms with Crippen molar-refractivity contribution in [3.05, 3.63) is 117 Å². The van der Waals surface area contributed by atoms with Crippen molar-refractivity contribution in [2.75, 3.05) is 88.1 Å². The van der Waals surface area contributed by atoms with Crippen molar-refractivity contribution in [3.63, 3.8) is 0 Å². The summed E-state index contributed by atoms with van der Waals surface area (Å²) in [6.07, 6.45) is 8.76. The third kappa shape index (κ3) is 11.5. The number of nitro benzene ring substituents is 1. The molecule has 0 radical (unpaired) electrons. The molecule has 5 aromatic rings. The number of nitro groups is 1. The van der Waals surface area contributed by atoms with Crippen LogP contribution in [0, 0.1) is 15.5 Å². The minimum Gasteiger partial charge on any atom is -0.455 e. The summed E-state index contributed by atoms with van der Waals surface area (Å²) in [5.74, 6) is -0.488. The molecule has 1 amide bonds. The van der Waals surface area contributed by atoms with Crippen molar-refractivity contribution >= 4 is 68.7 Å². The molecule has 2 saturated heterocycles. The highest BCUT2D eigenvalue weighted by atomic mass is 35.5. The molecule has 344 valence electrons. The first-order valence-corrected chi connectivity index (χ1v) is 26.5. The second kappa shape index (κ2) is 19.4. The average molecular weight is 945 g/mol. The Bertz CT molecular complexity index is 2690. The van der Waals surface area contributed by atoms with Crippen LogP contribution in [0.1, 0.15) is 55.5 Å². The van der Waals surface area contributed by atoms with Gasteiger partial charge in [0, 0.05) is 93.3 Å². The predicted octanol–water partition coefficient (Wildman–Crippen LogP) is 8.49. The van der Waals surface area contributed by atoms with Gasteiger partial charge in [0.15, 0.2) is 0 Å². The van der Waals surface area contributed by atoms with Crippen LogP contribution in [0.15, 0.2) is 95.7 Å². The lowest BCUT2D eigenvalue weighted by Gasteiger charge is -2.39. The van der Waals surface area contributed by atoms with Gasteiger partial charge in [-0.05, 0) is 90.8 Å². The van der Waals surface area contributed by atoms with Crippen molar-refractivity contribution in [1.82, 2.24) is 24.5 Å². The molecule has 0 bridgehead atoms. The van der Waals surface area contributed by atoms with E-state index in [0.717, 1.165) is 106 Å². The number of amides is 1. The Morgan fingerprint density at radius 2 is 1.75 bits per heavy atom. The number of fused-ring (bicyclic) bond motifs is 1. The fourth-order valence-electron chi connectivity index (χ4n) is 8.88. The molecule has 18 heteroatoms. The zero-order valence-electron chi connectivity index (χ0n) is 37.1. The van der Waals surface area contributed by atoms with E-state index < -0.39 is 38.9 Å². The summed E-state index contributed by atoms with van der Waals surface area (Å²) in [4.78, 5) is 49.8. The number of carbonyl (C=O) groups is 1. The molecular weight excluding hydrogens is 887 g/mol. The Labute approximate surface area is 385 Å². The number of aromatic amines is 1. The number of sulfonamides is 1. The van der Waals surface area contributed by atoms with Crippen LogP contribution >= 0.6 is 19.1 Å². The summed E-state index contributed by atoms with van der Waals surface area (Å²) in [6.45, 7) is 13.4. The molecule has 0 unspecified atom stereocenters. The maximum Gasteiger partial charge on any atom is 0.293 e. The van der Waals surface area contributed by atoms with E-state index in [4.69, 9.17) is 16.3 Å². The van der Waals surface area contributed by atoms with Gasteiger partial charge in [0.2, 0.25) is 0 Å².